The quantitative estimate of drug-likeness (QED) is 0.869. The van der Waals surface area contributed by atoms with Gasteiger partial charge in [-0.1, -0.05) is 13.3 Å². The zero-order valence-electron chi connectivity index (χ0n) is 10.1. The molecule has 2 N–H and O–H groups in total. The Labute approximate surface area is 99.3 Å². The van der Waals surface area contributed by atoms with Crippen LogP contribution in [0.25, 0.3) is 10.9 Å². The molecule has 0 aromatic carbocycles. The molecule has 2 rings (SSSR count). The third kappa shape index (κ3) is 2.00. The van der Waals surface area contributed by atoms with Gasteiger partial charge in [0.1, 0.15) is 11.3 Å². The molecule has 0 bridgehead atoms. The largest absolute Gasteiger partial charge is 0.384 e. The number of pyridine rings is 1. The molecule has 0 fully saturated rings. The number of nitrogen functional groups attached to an aromatic ring is 1. The summed E-state index contributed by atoms with van der Waals surface area (Å²) in [6.45, 7) is 4.51. The number of rotatable bonds is 3. The highest BCUT2D eigenvalue weighted by Gasteiger charge is 2.09. The first kappa shape index (κ1) is 11.6. The van der Waals surface area contributed by atoms with E-state index in [9.17, 15) is 4.79 Å². The fraction of sp³-hybridized carbons (Fsp3) is 0.417. The minimum Gasteiger partial charge on any atom is -0.384 e. The van der Waals surface area contributed by atoms with Gasteiger partial charge >= 0.3 is 5.69 Å². The van der Waals surface area contributed by atoms with Gasteiger partial charge in [0, 0.05) is 18.1 Å². The van der Waals surface area contributed by atoms with Gasteiger partial charge in [-0.05, 0) is 19.4 Å². The summed E-state index contributed by atoms with van der Waals surface area (Å²) >= 11 is 0. The molecule has 5 nitrogen and oxygen atoms in total. The number of nitrogens with zero attached hydrogens (tertiary/aromatic N) is 3. The maximum Gasteiger partial charge on any atom is 0.349 e. The molecule has 2 aromatic heterocycles. The molecular weight excluding hydrogens is 216 g/mol. The summed E-state index contributed by atoms with van der Waals surface area (Å²) in [6, 6.07) is 1.80. The van der Waals surface area contributed by atoms with Crippen molar-refractivity contribution in [1.82, 2.24) is 14.5 Å². The summed E-state index contributed by atoms with van der Waals surface area (Å²) in [7, 11) is 0. The van der Waals surface area contributed by atoms with Gasteiger partial charge in [-0.25, -0.2) is 4.79 Å². The van der Waals surface area contributed by atoms with Crippen molar-refractivity contribution in [2.24, 2.45) is 0 Å². The number of aromatic nitrogens is 3. The lowest BCUT2D eigenvalue weighted by Crippen LogP contribution is -2.26. The SMILES string of the molecule is CCCCn1c(N)c2ccnc(C)c2nc1=O. The highest BCUT2D eigenvalue weighted by molar-refractivity contribution is 5.89. The van der Waals surface area contributed by atoms with Gasteiger partial charge in [0.05, 0.1) is 5.69 Å². The first-order chi connectivity index (χ1) is 8.15. The van der Waals surface area contributed by atoms with Crippen molar-refractivity contribution in [3.8, 4) is 0 Å². The van der Waals surface area contributed by atoms with Crippen LogP contribution < -0.4 is 11.4 Å². The molecule has 0 amide bonds. The zero-order valence-corrected chi connectivity index (χ0v) is 10.1. The number of unbranched alkanes of at least 4 members (excludes halogenated alkanes) is 1. The maximum absolute atomic E-state index is 11.9. The van der Waals surface area contributed by atoms with E-state index in [-0.39, 0.29) is 5.69 Å². The summed E-state index contributed by atoms with van der Waals surface area (Å²) in [4.78, 5) is 20.0. The number of nitrogens with two attached hydrogens (primary N) is 1. The van der Waals surface area contributed by atoms with E-state index in [1.165, 1.54) is 4.57 Å². The van der Waals surface area contributed by atoms with Crippen LogP contribution in [0, 0.1) is 6.92 Å². The van der Waals surface area contributed by atoms with Gasteiger partial charge in [-0.3, -0.25) is 9.55 Å². The van der Waals surface area contributed by atoms with E-state index in [1.54, 1.807) is 12.3 Å². The van der Waals surface area contributed by atoms with Crippen LogP contribution in [0.4, 0.5) is 5.82 Å². The zero-order chi connectivity index (χ0) is 12.4. The monoisotopic (exact) mass is 232 g/mol. The van der Waals surface area contributed by atoms with Gasteiger partial charge in [0.25, 0.3) is 0 Å². The first-order valence-electron chi connectivity index (χ1n) is 5.76. The lowest BCUT2D eigenvalue weighted by Gasteiger charge is -2.11. The van der Waals surface area contributed by atoms with Gasteiger partial charge in [0.15, 0.2) is 0 Å². The molecule has 5 heteroatoms. The van der Waals surface area contributed by atoms with E-state index < -0.39 is 0 Å². The molecule has 0 aliphatic heterocycles. The Morgan fingerprint density at radius 1 is 1.47 bits per heavy atom. The normalized spacial score (nSPS) is 10.9. The molecule has 17 heavy (non-hydrogen) atoms. The van der Waals surface area contributed by atoms with Crippen molar-refractivity contribution in [3.05, 3.63) is 28.4 Å². The van der Waals surface area contributed by atoms with Crippen LogP contribution in [0.15, 0.2) is 17.1 Å². The number of aryl methyl sites for hydroxylation is 1. The third-order valence-corrected chi connectivity index (χ3v) is 2.85. The van der Waals surface area contributed by atoms with Gasteiger partial charge in [-0.15, -0.1) is 0 Å². The third-order valence-electron chi connectivity index (χ3n) is 2.85. The first-order valence-corrected chi connectivity index (χ1v) is 5.76. The molecule has 0 saturated heterocycles. The Morgan fingerprint density at radius 3 is 2.94 bits per heavy atom. The van der Waals surface area contributed by atoms with Crippen LogP contribution in [-0.4, -0.2) is 14.5 Å². The Balaban J connectivity index is 2.68. The summed E-state index contributed by atoms with van der Waals surface area (Å²) in [6.07, 6.45) is 3.62. The molecule has 0 unspecified atom stereocenters. The summed E-state index contributed by atoms with van der Waals surface area (Å²) in [5, 5.41) is 0.799. The smallest absolute Gasteiger partial charge is 0.349 e. The molecule has 0 aliphatic rings. The van der Waals surface area contributed by atoms with Crippen LogP contribution in [-0.2, 0) is 6.54 Å². The second-order valence-electron chi connectivity index (χ2n) is 4.08. The number of hydrogen-bond donors (Lipinski definition) is 1. The second-order valence-corrected chi connectivity index (χ2v) is 4.08. The van der Waals surface area contributed by atoms with Crippen molar-refractivity contribution in [3.63, 3.8) is 0 Å². The van der Waals surface area contributed by atoms with Crippen molar-refractivity contribution >= 4 is 16.7 Å². The predicted molar refractivity (Wildman–Crippen MR) is 67.9 cm³/mol. The van der Waals surface area contributed by atoms with Gasteiger partial charge in [0.2, 0.25) is 0 Å². The lowest BCUT2D eigenvalue weighted by molar-refractivity contribution is 0.611. The molecular formula is C12H16N4O. The van der Waals surface area contributed by atoms with E-state index >= 15 is 0 Å². The molecule has 2 aromatic rings. The van der Waals surface area contributed by atoms with Crippen molar-refractivity contribution in [2.45, 2.75) is 33.2 Å². The van der Waals surface area contributed by atoms with Crippen LogP contribution in [0.1, 0.15) is 25.5 Å². The molecule has 0 atom stereocenters. The van der Waals surface area contributed by atoms with Crippen molar-refractivity contribution < 1.29 is 0 Å². The molecule has 0 spiro atoms. The topological polar surface area (TPSA) is 73.8 Å². The fourth-order valence-electron chi connectivity index (χ4n) is 1.84. The van der Waals surface area contributed by atoms with E-state index in [0.29, 0.717) is 17.9 Å². The maximum atomic E-state index is 11.9. The summed E-state index contributed by atoms with van der Waals surface area (Å²) in [5.74, 6) is 0.485. The number of anilines is 1. The number of fused-ring (bicyclic) bond motifs is 1. The van der Waals surface area contributed by atoms with Crippen molar-refractivity contribution in [2.75, 3.05) is 5.73 Å². The summed E-state index contributed by atoms with van der Waals surface area (Å²) < 4.78 is 1.53. The fourth-order valence-corrected chi connectivity index (χ4v) is 1.84. The Kier molecular flexibility index (Phi) is 3.08. The van der Waals surface area contributed by atoms with E-state index in [2.05, 4.69) is 16.9 Å². The molecule has 0 saturated carbocycles. The van der Waals surface area contributed by atoms with Crippen LogP contribution in [0.3, 0.4) is 0 Å². The van der Waals surface area contributed by atoms with Crippen molar-refractivity contribution in [1.29, 1.82) is 0 Å². The Hall–Kier alpha value is -1.91. The highest BCUT2D eigenvalue weighted by Crippen LogP contribution is 2.18. The Bertz CT molecular complexity index is 603. The minimum atomic E-state index is -0.292. The predicted octanol–water partition coefficient (Wildman–Crippen LogP) is 1.48. The molecule has 90 valence electrons. The van der Waals surface area contributed by atoms with Crippen LogP contribution in [0.5, 0.6) is 0 Å². The Morgan fingerprint density at radius 2 is 2.24 bits per heavy atom. The number of hydrogen-bond acceptors (Lipinski definition) is 4. The average molecular weight is 232 g/mol. The van der Waals surface area contributed by atoms with Crippen LogP contribution >= 0.6 is 0 Å². The summed E-state index contributed by atoms with van der Waals surface area (Å²) in [5.41, 5.74) is 7.06. The average Bonchev–Trinajstić information content (AvgIpc) is 2.31. The second kappa shape index (κ2) is 4.53. The van der Waals surface area contributed by atoms with E-state index in [1.807, 2.05) is 6.92 Å². The minimum absolute atomic E-state index is 0.292. The van der Waals surface area contributed by atoms with E-state index in [4.69, 9.17) is 5.73 Å². The standard InChI is InChI=1S/C12H16N4O/c1-3-4-7-16-11(13)9-5-6-14-8(2)10(9)15-12(16)17/h5-6H,3-4,7,13H2,1-2H3. The molecule has 0 aliphatic carbocycles. The molecule has 2 heterocycles. The van der Waals surface area contributed by atoms with Crippen LogP contribution in [0.2, 0.25) is 0 Å². The van der Waals surface area contributed by atoms with E-state index in [0.717, 1.165) is 23.9 Å². The lowest BCUT2D eigenvalue weighted by atomic mass is 10.2. The molecule has 0 radical (unpaired) electrons. The van der Waals surface area contributed by atoms with Gasteiger partial charge < -0.3 is 5.73 Å². The van der Waals surface area contributed by atoms with Gasteiger partial charge in [-0.2, -0.15) is 4.98 Å². The highest BCUT2D eigenvalue weighted by atomic mass is 16.1.